The predicted octanol–water partition coefficient (Wildman–Crippen LogP) is 4.20. The number of amides is 1. The lowest BCUT2D eigenvalue weighted by Crippen LogP contribution is -2.20. The molecule has 4 aromatic rings. The number of para-hydroxylation sites is 1. The lowest BCUT2D eigenvalue weighted by molar-refractivity contribution is -0.118. The highest BCUT2D eigenvalue weighted by Gasteiger charge is 2.17. The predicted molar refractivity (Wildman–Crippen MR) is 133 cm³/mol. The minimum atomic E-state index is -0.305. The summed E-state index contributed by atoms with van der Waals surface area (Å²) in [6.45, 7) is 2.02. The molecule has 34 heavy (non-hydrogen) atoms. The van der Waals surface area contributed by atoms with Gasteiger partial charge in [0.15, 0.2) is 11.0 Å². The number of nitrogens with zero attached hydrogens (tertiary/aromatic N) is 4. The number of hydrogen-bond donors (Lipinski definition) is 2. The average molecular weight is 474 g/mol. The Morgan fingerprint density at radius 3 is 2.53 bits per heavy atom. The zero-order valence-corrected chi connectivity index (χ0v) is 19.5. The van der Waals surface area contributed by atoms with Gasteiger partial charge in [0.2, 0.25) is 0 Å². The largest absolute Gasteiger partial charge is 0.507 e. The number of benzene rings is 3. The summed E-state index contributed by atoms with van der Waals surface area (Å²) in [5.41, 5.74) is 5.89. The summed E-state index contributed by atoms with van der Waals surface area (Å²) in [4.78, 5) is 12.4. The van der Waals surface area contributed by atoms with Crippen molar-refractivity contribution in [3.05, 3.63) is 83.9 Å². The molecule has 9 heteroatoms. The van der Waals surface area contributed by atoms with E-state index in [4.69, 9.17) is 4.74 Å². The van der Waals surface area contributed by atoms with Crippen LogP contribution in [0.15, 0.2) is 83.1 Å². The molecule has 1 aromatic heterocycles. The molecule has 2 N–H and O–H groups in total. The number of aryl methyl sites for hydroxylation is 1. The fraction of sp³-hybridized carbons (Fsp3) is 0.120. The molecule has 4 rings (SSSR count). The van der Waals surface area contributed by atoms with Gasteiger partial charge in [0.05, 0.1) is 19.1 Å². The fourth-order valence-corrected chi connectivity index (χ4v) is 3.89. The second-order valence-corrected chi connectivity index (χ2v) is 8.29. The number of methoxy groups -OCH3 is 1. The topological polar surface area (TPSA) is 102 Å². The van der Waals surface area contributed by atoms with Crippen LogP contribution in [0.5, 0.6) is 11.5 Å². The Kier molecular flexibility index (Phi) is 7.24. The first-order valence-corrected chi connectivity index (χ1v) is 11.4. The van der Waals surface area contributed by atoms with Gasteiger partial charge in [0.1, 0.15) is 11.5 Å². The third kappa shape index (κ3) is 5.44. The van der Waals surface area contributed by atoms with Crippen molar-refractivity contribution in [1.29, 1.82) is 0 Å². The standard InChI is InChI=1S/C25H23N5O3S/c1-17-7-11-20(12-8-17)30-24(18-9-13-21(33-2)14-10-18)28-29-25(30)34-16-23(32)27-26-15-19-5-3-4-6-22(19)31/h3-15,31H,16H2,1-2H3,(H,27,32)/b26-15-. The molecule has 0 saturated heterocycles. The van der Waals surface area contributed by atoms with Crippen LogP contribution in [0.1, 0.15) is 11.1 Å². The maximum Gasteiger partial charge on any atom is 0.250 e. The van der Waals surface area contributed by atoms with E-state index in [0.29, 0.717) is 16.5 Å². The van der Waals surface area contributed by atoms with Gasteiger partial charge in [-0.1, -0.05) is 41.6 Å². The smallest absolute Gasteiger partial charge is 0.250 e. The normalized spacial score (nSPS) is 11.0. The number of aromatic hydroxyl groups is 1. The fourth-order valence-electron chi connectivity index (χ4n) is 3.15. The van der Waals surface area contributed by atoms with Crippen molar-refractivity contribution in [1.82, 2.24) is 20.2 Å². The van der Waals surface area contributed by atoms with Gasteiger partial charge in [-0.25, -0.2) is 5.43 Å². The van der Waals surface area contributed by atoms with Gasteiger partial charge < -0.3 is 9.84 Å². The second-order valence-electron chi connectivity index (χ2n) is 7.35. The monoisotopic (exact) mass is 473 g/mol. The number of ether oxygens (including phenoxy) is 1. The minimum Gasteiger partial charge on any atom is -0.507 e. The summed E-state index contributed by atoms with van der Waals surface area (Å²) in [5, 5.41) is 23.0. The van der Waals surface area contributed by atoms with Crippen LogP contribution in [-0.4, -0.2) is 44.9 Å². The van der Waals surface area contributed by atoms with Crippen LogP contribution in [0, 0.1) is 6.92 Å². The molecule has 1 heterocycles. The van der Waals surface area contributed by atoms with E-state index in [-0.39, 0.29) is 17.4 Å². The van der Waals surface area contributed by atoms with Crippen molar-refractivity contribution in [2.24, 2.45) is 5.10 Å². The number of rotatable bonds is 8. The molecular formula is C25H23N5O3S. The molecule has 0 aliphatic heterocycles. The number of phenols is 1. The van der Waals surface area contributed by atoms with Crippen molar-refractivity contribution in [2.45, 2.75) is 12.1 Å². The van der Waals surface area contributed by atoms with Gasteiger partial charge in [-0.2, -0.15) is 5.10 Å². The molecule has 0 saturated carbocycles. The van der Waals surface area contributed by atoms with Crippen molar-refractivity contribution >= 4 is 23.9 Å². The van der Waals surface area contributed by atoms with Crippen molar-refractivity contribution in [3.63, 3.8) is 0 Å². The maximum absolute atomic E-state index is 12.4. The second kappa shape index (κ2) is 10.7. The van der Waals surface area contributed by atoms with E-state index in [2.05, 4.69) is 20.7 Å². The molecule has 1 amide bonds. The number of thioether (sulfide) groups is 1. The van der Waals surface area contributed by atoms with Crippen molar-refractivity contribution in [2.75, 3.05) is 12.9 Å². The lowest BCUT2D eigenvalue weighted by Gasteiger charge is -2.11. The molecule has 0 bridgehead atoms. The zero-order valence-electron chi connectivity index (χ0n) is 18.7. The first kappa shape index (κ1) is 23.1. The molecule has 0 aliphatic carbocycles. The van der Waals surface area contributed by atoms with E-state index in [1.54, 1.807) is 31.4 Å². The molecule has 0 radical (unpaired) electrons. The quantitative estimate of drug-likeness (QED) is 0.226. The van der Waals surface area contributed by atoms with E-state index in [1.165, 1.54) is 18.0 Å². The summed E-state index contributed by atoms with van der Waals surface area (Å²) in [6.07, 6.45) is 1.40. The minimum absolute atomic E-state index is 0.0880. The molecule has 0 spiro atoms. The van der Waals surface area contributed by atoms with E-state index in [9.17, 15) is 9.90 Å². The number of hydrazone groups is 1. The van der Waals surface area contributed by atoms with Crippen LogP contribution in [0.4, 0.5) is 0 Å². The molecule has 0 atom stereocenters. The summed E-state index contributed by atoms with van der Waals surface area (Å²) in [7, 11) is 1.62. The van der Waals surface area contributed by atoms with Gasteiger partial charge in [0, 0.05) is 16.8 Å². The summed E-state index contributed by atoms with van der Waals surface area (Å²) in [5.74, 6) is 1.28. The molecule has 3 aromatic carbocycles. The third-order valence-corrected chi connectivity index (χ3v) is 5.86. The highest BCUT2D eigenvalue weighted by Crippen LogP contribution is 2.29. The van der Waals surface area contributed by atoms with Crippen LogP contribution in [0.2, 0.25) is 0 Å². The molecule has 172 valence electrons. The van der Waals surface area contributed by atoms with Crippen LogP contribution in [0.3, 0.4) is 0 Å². The Balaban J connectivity index is 1.53. The molecule has 0 aliphatic rings. The SMILES string of the molecule is COc1ccc(-c2nnc(SCC(=O)N/N=C\c3ccccc3O)n2-c2ccc(C)cc2)cc1. The molecular weight excluding hydrogens is 450 g/mol. The summed E-state index contributed by atoms with van der Waals surface area (Å²) in [6, 6.07) is 22.3. The number of carbonyl (C=O) groups is 1. The van der Waals surface area contributed by atoms with Crippen LogP contribution in [0.25, 0.3) is 17.1 Å². The number of carbonyl (C=O) groups excluding carboxylic acids is 1. The Labute approximate surface area is 201 Å². The van der Waals surface area contributed by atoms with Gasteiger partial charge in [-0.05, 0) is 55.5 Å². The Morgan fingerprint density at radius 1 is 1.09 bits per heavy atom. The molecule has 8 nitrogen and oxygen atoms in total. The summed E-state index contributed by atoms with van der Waals surface area (Å²) >= 11 is 1.26. The first-order valence-electron chi connectivity index (χ1n) is 10.4. The van der Waals surface area contributed by atoms with E-state index in [0.717, 1.165) is 22.6 Å². The maximum atomic E-state index is 12.4. The Hall–Kier alpha value is -4.11. The number of phenolic OH excluding ortho intramolecular Hbond substituents is 1. The Morgan fingerprint density at radius 2 is 1.82 bits per heavy atom. The zero-order chi connectivity index (χ0) is 23.9. The number of aromatic nitrogens is 3. The van der Waals surface area contributed by atoms with Crippen LogP contribution in [-0.2, 0) is 4.79 Å². The van der Waals surface area contributed by atoms with E-state index in [1.807, 2.05) is 60.0 Å². The van der Waals surface area contributed by atoms with E-state index < -0.39 is 0 Å². The Bertz CT molecular complexity index is 1300. The van der Waals surface area contributed by atoms with Crippen LogP contribution >= 0.6 is 11.8 Å². The number of hydrogen-bond acceptors (Lipinski definition) is 7. The van der Waals surface area contributed by atoms with Gasteiger partial charge in [-0.15, -0.1) is 10.2 Å². The lowest BCUT2D eigenvalue weighted by atomic mass is 10.2. The van der Waals surface area contributed by atoms with Gasteiger partial charge >= 0.3 is 0 Å². The third-order valence-electron chi connectivity index (χ3n) is 4.94. The highest BCUT2D eigenvalue weighted by molar-refractivity contribution is 7.99. The van der Waals surface area contributed by atoms with Crippen molar-refractivity contribution in [3.8, 4) is 28.6 Å². The summed E-state index contributed by atoms with van der Waals surface area (Å²) < 4.78 is 7.17. The van der Waals surface area contributed by atoms with Gasteiger partial charge in [-0.3, -0.25) is 9.36 Å². The van der Waals surface area contributed by atoms with E-state index >= 15 is 0 Å². The van der Waals surface area contributed by atoms with Crippen molar-refractivity contribution < 1.29 is 14.6 Å². The highest BCUT2D eigenvalue weighted by atomic mass is 32.2. The first-order chi connectivity index (χ1) is 16.5. The average Bonchev–Trinajstić information content (AvgIpc) is 3.28. The molecule has 0 unspecified atom stereocenters. The molecule has 0 fully saturated rings. The van der Waals surface area contributed by atoms with Crippen LogP contribution < -0.4 is 10.2 Å². The number of nitrogens with one attached hydrogen (secondary N) is 1. The van der Waals surface area contributed by atoms with Gasteiger partial charge in [0.25, 0.3) is 5.91 Å².